The van der Waals surface area contributed by atoms with Crippen molar-refractivity contribution in [3.05, 3.63) is 39.6 Å². The number of rotatable bonds is 3. The highest BCUT2D eigenvalue weighted by Gasteiger charge is 2.13. The molecule has 2 N–H and O–H groups in total. The maximum Gasteiger partial charge on any atom is 0.171 e. The van der Waals surface area contributed by atoms with E-state index in [1.807, 2.05) is 50.7 Å². The molecule has 4 nitrogen and oxygen atoms in total. The predicted octanol–water partition coefficient (Wildman–Crippen LogP) is 3.61. The largest absolute Gasteiger partial charge is 0.453 e. The monoisotopic (exact) mass is 323 g/mol. The van der Waals surface area contributed by atoms with Crippen molar-refractivity contribution >= 4 is 15.9 Å². The van der Waals surface area contributed by atoms with E-state index in [-0.39, 0.29) is 6.04 Å². The van der Waals surface area contributed by atoms with Gasteiger partial charge in [0, 0.05) is 17.6 Å². The van der Waals surface area contributed by atoms with Gasteiger partial charge in [-0.2, -0.15) is 5.10 Å². The molecule has 0 fully saturated rings. The van der Waals surface area contributed by atoms with E-state index < -0.39 is 0 Å². The SMILES string of the molecule is Cc1nn(C)c(C)c1Oc1ccc(C(C)N)c(Br)c1. The van der Waals surface area contributed by atoms with Crippen molar-refractivity contribution in [3.63, 3.8) is 0 Å². The first-order valence-electron chi connectivity index (χ1n) is 6.13. The molecular weight excluding hydrogens is 306 g/mol. The summed E-state index contributed by atoms with van der Waals surface area (Å²) in [5.41, 5.74) is 8.83. The molecule has 0 saturated carbocycles. The number of benzene rings is 1. The van der Waals surface area contributed by atoms with Crippen molar-refractivity contribution in [1.82, 2.24) is 9.78 Å². The molecular formula is C14H18BrN3O. The second-order valence-corrected chi connectivity index (χ2v) is 5.55. The van der Waals surface area contributed by atoms with E-state index in [2.05, 4.69) is 21.0 Å². The first kappa shape index (κ1) is 14.1. The normalized spacial score (nSPS) is 12.5. The molecule has 1 aromatic heterocycles. The number of hydrogen-bond acceptors (Lipinski definition) is 3. The number of nitrogens with two attached hydrogens (primary N) is 1. The van der Waals surface area contributed by atoms with Crippen LogP contribution in [0.25, 0.3) is 0 Å². The number of ether oxygens (including phenoxy) is 1. The van der Waals surface area contributed by atoms with Gasteiger partial charge in [-0.25, -0.2) is 0 Å². The van der Waals surface area contributed by atoms with E-state index in [4.69, 9.17) is 10.5 Å². The minimum Gasteiger partial charge on any atom is -0.453 e. The maximum atomic E-state index is 5.92. The average molecular weight is 324 g/mol. The molecule has 19 heavy (non-hydrogen) atoms. The highest BCUT2D eigenvalue weighted by molar-refractivity contribution is 9.10. The van der Waals surface area contributed by atoms with Gasteiger partial charge in [-0.1, -0.05) is 22.0 Å². The fourth-order valence-electron chi connectivity index (χ4n) is 1.96. The summed E-state index contributed by atoms with van der Waals surface area (Å²) in [5, 5.41) is 4.33. The van der Waals surface area contributed by atoms with Crippen molar-refractivity contribution in [1.29, 1.82) is 0 Å². The molecule has 0 aliphatic heterocycles. The molecule has 0 spiro atoms. The summed E-state index contributed by atoms with van der Waals surface area (Å²) in [6.07, 6.45) is 0. The smallest absolute Gasteiger partial charge is 0.171 e. The predicted molar refractivity (Wildman–Crippen MR) is 79.5 cm³/mol. The van der Waals surface area contributed by atoms with E-state index in [0.29, 0.717) is 0 Å². The third kappa shape index (κ3) is 2.82. The zero-order chi connectivity index (χ0) is 14.2. The third-order valence-corrected chi connectivity index (χ3v) is 3.81. The van der Waals surface area contributed by atoms with Gasteiger partial charge in [0.2, 0.25) is 0 Å². The zero-order valence-corrected chi connectivity index (χ0v) is 13.2. The van der Waals surface area contributed by atoms with Crippen LogP contribution in [0.5, 0.6) is 11.5 Å². The van der Waals surface area contributed by atoms with Crippen LogP contribution in [0, 0.1) is 13.8 Å². The van der Waals surface area contributed by atoms with Crippen molar-refractivity contribution < 1.29 is 4.74 Å². The number of aromatic nitrogens is 2. The molecule has 0 aliphatic carbocycles. The lowest BCUT2D eigenvalue weighted by molar-refractivity contribution is 0.473. The van der Waals surface area contributed by atoms with E-state index >= 15 is 0 Å². The Morgan fingerprint density at radius 1 is 1.37 bits per heavy atom. The molecule has 1 aromatic carbocycles. The Kier molecular flexibility index (Phi) is 3.96. The topological polar surface area (TPSA) is 53.1 Å². The van der Waals surface area contributed by atoms with Gasteiger partial charge in [0.05, 0.1) is 5.69 Å². The average Bonchev–Trinajstić information content (AvgIpc) is 2.56. The van der Waals surface area contributed by atoms with Gasteiger partial charge in [-0.15, -0.1) is 0 Å². The lowest BCUT2D eigenvalue weighted by Gasteiger charge is -2.11. The molecule has 1 atom stereocenters. The first-order valence-corrected chi connectivity index (χ1v) is 6.92. The minimum absolute atomic E-state index is 0.00899. The Balaban J connectivity index is 2.31. The lowest BCUT2D eigenvalue weighted by atomic mass is 10.1. The third-order valence-electron chi connectivity index (χ3n) is 3.13. The highest BCUT2D eigenvalue weighted by Crippen LogP contribution is 2.32. The molecule has 2 rings (SSSR count). The molecule has 0 aliphatic rings. The van der Waals surface area contributed by atoms with Crippen molar-refractivity contribution in [2.45, 2.75) is 26.8 Å². The van der Waals surface area contributed by atoms with Crippen molar-refractivity contribution in [3.8, 4) is 11.5 Å². The summed E-state index contributed by atoms with van der Waals surface area (Å²) in [6.45, 7) is 5.88. The highest BCUT2D eigenvalue weighted by atomic mass is 79.9. The number of hydrogen-bond donors (Lipinski definition) is 1. The maximum absolute atomic E-state index is 5.92. The minimum atomic E-state index is -0.00899. The second-order valence-electron chi connectivity index (χ2n) is 4.70. The van der Waals surface area contributed by atoms with Crippen LogP contribution in [0.3, 0.4) is 0 Å². The van der Waals surface area contributed by atoms with Gasteiger partial charge in [0.25, 0.3) is 0 Å². The van der Waals surface area contributed by atoms with E-state index in [0.717, 1.165) is 32.9 Å². The molecule has 102 valence electrons. The van der Waals surface area contributed by atoms with Crippen LogP contribution in [-0.2, 0) is 7.05 Å². The molecule has 0 radical (unpaired) electrons. The van der Waals surface area contributed by atoms with Crippen molar-refractivity contribution in [2.24, 2.45) is 12.8 Å². The summed E-state index contributed by atoms with van der Waals surface area (Å²) in [4.78, 5) is 0. The Morgan fingerprint density at radius 3 is 2.53 bits per heavy atom. The van der Waals surface area contributed by atoms with Gasteiger partial charge in [0.15, 0.2) is 5.75 Å². The zero-order valence-electron chi connectivity index (χ0n) is 11.6. The Morgan fingerprint density at radius 2 is 2.05 bits per heavy atom. The number of aryl methyl sites for hydroxylation is 2. The standard InChI is InChI=1S/C14H18BrN3O/c1-8(16)12-6-5-11(7-13(12)15)19-14-9(2)17-18(4)10(14)3/h5-8H,16H2,1-4H3. The van der Waals surface area contributed by atoms with Crippen LogP contribution in [0.1, 0.15) is 29.9 Å². The van der Waals surface area contributed by atoms with E-state index in [1.54, 1.807) is 0 Å². The fourth-order valence-corrected chi connectivity index (χ4v) is 2.68. The van der Waals surface area contributed by atoms with Crippen LogP contribution < -0.4 is 10.5 Å². The van der Waals surface area contributed by atoms with Gasteiger partial charge in [0.1, 0.15) is 11.4 Å². The molecule has 0 bridgehead atoms. The van der Waals surface area contributed by atoms with Crippen LogP contribution >= 0.6 is 15.9 Å². The quantitative estimate of drug-likeness (QED) is 0.938. The van der Waals surface area contributed by atoms with Crippen LogP contribution in [0.15, 0.2) is 22.7 Å². The summed E-state index contributed by atoms with van der Waals surface area (Å²) in [7, 11) is 1.91. The molecule has 1 heterocycles. The van der Waals surface area contributed by atoms with Gasteiger partial charge in [-0.05, 0) is 38.5 Å². The van der Waals surface area contributed by atoms with Gasteiger partial charge >= 0.3 is 0 Å². The van der Waals surface area contributed by atoms with Crippen molar-refractivity contribution in [2.75, 3.05) is 0 Å². The first-order chi connectivity index (χ1) is 8.90. The Bertz CT molecular complexity index is 605. The second kappa shape index (κ2) is 5.35. The molecule has 2 aromatic rings. The molecule has 1 unspecified atom stereocenters. The summed E-state index contributed by atoms with van der Waals surface area (Å²) in [6, 6.07) is 5.83. The van der Waals surface area contributed by atoms with E-state index in [9.17, 15) is 0 Å². The lowest BCUT2D eigenvalue weighted by Crippen LogP contribution is -2.05. The summed E-state index contributed by atoms with van der Waals surface area (Å²) >= 11 is 3.52. The van der Waals surface area contributed by atoms with Gasteiger partial charge < -0.3 is 10.5 Å². The Hall–Kier alpha value is -1.33. The number of halogens is 1. The van der Waals surface area contributed by atoms with Gasteiger partial charge in [-0.3, -0.25) is 4.68 Å². The van der Waals surface area contributed by atoms with E-state index in [1.165, 1.54) is 0 Å². The van der Waals surface area contributed by atoms with Crippen LogP contribution in [0.2, 0.25) is 0 Å². The summed E-state index contributed by atoms with van der Waals surface area (Å²) in [5.74, 6) is 1.58. The molecule has 0 amide bonds. The van der Waals surface area contributed by atoms with Crippen LogP contribution in [0.4, 0.5) is 0 Å². The Labute approximate surface area is 121 Å². The number of nitrogens with zero attached hydrogens (tertiary/aromatic N) is 2. The molecule has 0 saturated heterocycles. The van der Waals surface area contributed by atoms with Crippen LogP contribution in [-0.4, -0.2) is 9.78 Å². The summed E-state index contributed by atoms with van der Waals surface area (Å²) < 4.78 is 8.70. The molecule has 5 heteroatoms. The fraction of sp³-hybridized carbons (Fsp3) is 0.357.